The molecule has 25 heavy (non-hydrogen) atoms. The van der Waals surface area contributed by atoms with Crippen molar-refractivity contribution in [3.05, 3.63) is 75.8 Å². The predicted molar refractivity (Wildman–Crippen MR) is 103 cm³/mol. The molecule has 0 saturated carbocycles. The van der Waals surface area contributed by atoms with Crippen LogP contribution in [-0.4, -0.2) is 11.1 Å². The fraction of sp³-hybridized carbons (Fsp3) is 0.100. The SMILES string of the molecule is [C-]#[N+]c1c(CC)sc(C(=O)O)c1-c1ccc(Sc2ccccc2)cc1. The third-order valence-corrected chi connectivity index (χ3v) is 6.03. The van der Waals surface area contributed by atoms with E-state index >= 15 is 0 Å². The van der Waals surface area contributed by atoms with Gasteiger partial charge in [0, 0.05) is 20.2 Å². The van der Waals surface area contributed by atoms with E-state index < -0.39 is 5.97 Å². The topological polar surface area (TPSA) is 41.7 Å². The lowest BCUT2D eigenvalue weighted by Crippen LogP contribution is -1.94. The maximum absolute atomic E-state index is 11.6. The molecule has 5 heteroatoms. The van der Waals surface area contributed by atoms with Gasteiger partial charge in [0.25, 0.3) is 0 Å². The Hall–Kier alpha value is -2.55. The standard InChI is InChI=1S/C20H15NO2S2/c1-3-16-18(21-2)17(19(25-16)20(22)23)13-9-11-15(12-10-13)24-14-7-5-4-6-8-14/h4-12H,3H2,1H3,(H,22,23). The third-order valence-electron chi connectivity index (χ3n) is 3.70. The first kappa shape index (κ1) is 17.3. The largest absolute Gasteiger partial charge is 0.477 e. The minimum absolute atomic E-state index is 0.242. The van der Waals surface area contributed by atoms with E-state index in [1.165, 1.54) is 11.3 Å². The van der Waals surface area contributed by atoms with Crippen LogP contribution in [0.5, 0.6) is 0 Å². The molecule has 1 N–H and O–H groups in total. The summed E-state index contributed by atoms with van der Waals surface area (Å²) in [4.78, 5) is 18.5. The quantitative estimate of drug-likeness (QED) is 0.534. The van der Waals surface area contributed by atoms with E-state index in [0.717, 1.165) is 20.2 Å². The highest BCUT2D eigenvalue weighted by atomic mass is 32.2. The predicted octanol–water partition coefficient (Wildman–Crippen LogP) is 6.38. The van der Waals surface area contributed by atoms with Crippen molar-refractivity contribution in [2.24, 2.45) is 0 Å². The van der Waals surface area contributed by atoms with Crippen LogP contribution in [0.25, 0.3) is 16.0 Å². The van der Waals surface area contributed by atoms with Gasteiger partial charge in [0.15, 0.2) is 0 Å². The molecule has 124 valence electrons. The van der Waals surface area contributed by atoms with Crippen molar-refractivity contribution in [3.63, 3.8) is 0 Å². The molecule has 0 aliphatic heterocycles. The number of carboxylic acid groups (broad SMARTS) is 1. The summed E-state index contributed by atoms with van der Waals surface area (Å²) < 4.78 is 0. The molecular formula is C20H15NO2S2. The van der Waals surface area contributed by atoms with Gasteiger partial charge in [0.05, 0.1) is 6.57 Å². The van der Waals surface area contributed by atoms with Crippen LogP contribution in [-0.2, 0) is 6.42 Å². The summed E-state index contributed by atoms with van der Waals surface area (Å²) in [5.41, 5.74) is 1.78. The van der Waals surface area contributed by atoms with E-state index in [1.807, 2.05) is 61.5 Å². The summed E-state index contributed by atoms with van der Waals surface area (Å²) in [5.74, 6) is -0.979. The minimum atomic E-state index is -0.979. The van der Waals surface area contributed by atoms with Crippen LogP contribution < -0.4 is 0 Å². The highest BCUT2D eigenvalue weighted by Gasteiger charge is 2.23. The highest BCUT2D eigenvalue weighted by Crippen LogP contribution is 2.43. The molecule has 0 fully saturated rings. The number of thiophene rings is 1. The number of carbonyl (C=O) groups is 1. The van der Waals surface area contributed by atoms with Crippen molar-refractivity contribution < 1.29 is 9.90 Å². The number of rotatable bonds is 5. The van der Waals surface area contributed by atoms with Crippen molar-refractivity contribution in [3.8, 4) is 11.1 Å². The number of carboxylic acids is 1. The summed E-state index contributed by atoms with van der Waals surface area (Å²) in [6, 6.07) is 17.8. The van der Waals surface area contributed by atoms with Crippen LogP contribution in [0.1, 0.15) is 21.5 Å². The number of aryl methyl sites for hydroxylation is 1. The second kappa shape index (κ2) is 7.56. The summed E-state index contributed by atoms with van der Waals surface area (Å²) in [6.45, 7) is 9.40. The van der Waals surface area contributed by atoms with E-state index in [4.69, 9.17) is 6.57 Å². The number of hydrogen-bond donors (Lipinski definition) is 1. The lowest BCUT2D eigenvalue weighted by atomic mass is 10.0. The van der Waals surface area contributed by atoms with Crippen LogP contribution in [0, 0.1) is 6.57 Å². The van der Waals surface area contributed by atoms with Crippen LogP contribution in [0.4, 0.5) is 5.69 Å². The van der Waals surface area contributed by atoms with E-state index in [-0.39, 0.29) is 4.88 Å². The monoisotopic (exact) mass is 365 g/mol. The maximum Gasteiger partial charge on any atom is 0.345 e. The molecule has 2 aromatic carbocycles. The van der Waals surface area contributed by atoms with Crippen molar-refractivity contribution in [2.45, 2.75) is 23.1 Å². The summed E-state index contributed by atoms with van der Waals surface area (Å²) in [7, 11) is 0. The lowest BCUT2D eigenvalue weighted by Gasteiger charge is -2.06. The lowest BCUT2D eigenvalue weighted by molar-refractivity contribution is 0.0703. The van der Waals surface area contributed by atoms with Gasteiger partial charge in [0.2, 0.25) is 5.69 Å². The van der Waals surface area contributed by atoms with E-state index in [9.17, 15) is 9.90 Å². The molecule has 1 heterocycles. The Morgan fingerprint density at radius 2 is 1.76 bits per heavy atom. The van der Waals surface area contributed by atoms with Gasteiger partial charge in [-0.1, -0.05) is 49.0 Å². The summed E-state index contributed by atoms with van der Waals surface area (Å²) in [6.07, 6.45) is 0.657. The Morgan fingerprint density at radius 3 is 2.32 bits per heavy atom. The van der Waals surface area contributed by atoms with Crippen LogP contribution in [0.15, 0.2) is 64.4 Å². The smallest absolute Gasteiger partial charge is 0.345 e. The van der Waals surface area contributed by atoms with Gasteiger partial charge in [-0.2, -0.15) is 0 Å². The van der Waals surface area contributed by atoms with Gasteiger partial charge in [-0.25, -0.2) is 9.64 Å². The first-order chi connectivity index (χ1) is 12.1. The average Bonchev–Trinajstić information content (AvgIpc) is 3.02. The van der Waals surface area contributed by atoms with Crippen LogP contribution in [0.3, 0.4) is 0 Å². The molecule has 0 amide bonds. The molecular weight excluding hydrogens is 350 g/mol. The minimum Gasteiger partial charge on any atom is -0.477 e. The fourth-order valence-electron chi connectivity index (χ4n) is 2.56. The molecule has 0 bridgehead atoms. The summed E-state index contributed by atoms with van der Waals surface area (Å²) in [5, 5.41) is 9.51. The van der Waals surface area contributed by atoms with Crippen LogP contribution in [0.2, 0.25) is 0 Å². The molecule has 0 aliphatic rings. The number of hydrogen-bond acceptors (Lipinski definition) is 3. The molecule has 0 unspecified atom stereocenters. The Kier molecular flexibility index (Phi) is 5.22. The van der Waals surface area contributed by atoms with Crippen molar-refractivity contribution in [1.82, 2.24) is 0 Å². The van der Waals surface area contributed by atoms with Gasteiger partial charge >= 0.3 is 5.97 Å². The second-order valence-electron chi connectivity index (χ2n) is 5.29. The van der Waals surface area contributed by atoms with E-state index in [1.54, 1.807) is 11.8 Å². The Morgan fingerprint density at radius 1 is 1.12 bits per heavy atom. The Balaban J connectivity index is 1.99. The third kappa shape index (κ3) is 3.60. The zero-order chi connectivity index (χ0) is 17.8. The van der Waals surface area contributed by atoms with E-state index in [2.05, 4.69) is 4.85 Å². The number of benzene rings is 2. The van der Waals surface area contributed by atoms with Crippen molar-refractivity contribution in [2.75, 3.05) is 0 Å². The zero-order valence-corrected chi connectivity index (χ0v) is 15.2. The second-order valence-corrected chi connectivity index (χ2v) is 7.54. The first-order valence-corrected chi connectivity index (χ1v) is 9.37. The Bertz CT molecular complexity index is 938. The van der Waals surface area contributed by atoms with Crippen molar-refractivity contribution >= 4 is 34.8 Å². The molecule has 0 atom stereocenters. The Labute approximate surface area is 154 Å². The summed E-state index contributed by atoms with van der Waals surface area (Å²) >= 11 is 2.85. The average molecular weight is 365 g/mol. The zero-order valence-electron chi connectivity index (χ0n) is 13.5. The first-order valence-electron chi connectivity index (χ1n) is 7.73. The molecule has 3 rings (SSSR count). The van der Waals surface area contributed by atoms with Gasteiger partial charge in [-0.05, 0) is 36.2 Å². The molecule has 0 radical (unpaired) electrons. The van der Waals surface area contributed by atoms with Crippen molar-refractivity contribution in [1.29, 1.82) is 0 Å². The molecule has 0 aliphatic carbocycles. The molecule has 0 spiro atoms. The van der Waals surface area contributed by atoms with E-state index in [0.29, 0.717) is 17.7 Å². The highest BCUT2D eigenvalue weighted by molar-refractivity contribution is 7.99. The van der Waals surface area contributed by atoms with Gasteiger partial charge in [-0.3, -0.25) is 0 Å². The van der Waals surface area contributed by atoms with Gasteiger partial charge in [-0.15, -0.1) is 11.3 Å². The maximum atomic E-state index is 11.6. The van der Waals surface area contributed by atoms with Crippen LogP contribution >= 0.6 is 23.1 Å². The molecule has 0 saturated heterocycles. The molecule has 1 aromatic heterocycles. The number of aromatic carboxylic acids is 1. The van der Waals surface area contributed by atoms with Gasteiger partial charge < -0.3 is 5.11 Å². The van der Waals surface area contributed by atoms with Gasteiger partial charge in [0.1, 0.15) is 4.88 Å². The molecule has 3 nitrogen and oxygen atoms in total. The normalized spacial score (nSPS) is 10.4. The fourth-order valence-corrected chi connectivity index (χ4v) is 4.44. The number of nitrogens with zero attached hydrogens (tertiary/aromatic N) is 1. The molecule has 3 aromatic rings.